The van der Waals surface area contributed by atoms with Crippen LogP contribution in [0.5, 0.6) is 11.5 Å². The van der Waals surface area contributed by atoms with E-state index in [9.17, 15) is 25.2 Å². The Balaban J connectivity index is 1.59. The van der Waals surface area contributed by atoms with Gasteiger partial charge in [-0.15, -0.1) is 20.4 Å². The molecule has 0 bridgehead atoms. The van der Waals surface area contributed by atoms with Crippen molar-refractivity contribution >= 4 is 17.8 Å². The summed E-state index contributed by atoms with van der Waals surface area (Å²) in [6, 6.07) is 4.13. The smallest absolute Gasteiger partial charge is 0.265 e. The van der Waals surface area contributed by atoms with Crippen LogP contribution in [0, 0.1) is 0 Å². The lowest BCUT2D eigenvalue weighted by atomic mass is 10.1. The number of aliphatic hydroxyl groups excluding tert-OH is 3. The van der Waals surface area contributed by atoms with Crippen molar-refractivity contribution in [2.75, 3.05) is 11.9 Å². The van der Waals surface area contributed by atoms with E-state index in [2.05, 4.69) is 40.8 Å². The monoisotopic (exact) mass is 472 g/mol. The van der Waals surface area contributed by atoms with Crippen LogP contribution in [0.1, 0.15) is 6.92 Å². The predicted octanol–water partition coefficient (Wildman–Crippen LogP) is -1.15. The highest BCUT2D eigenvalue weighted by atomic mass is 16.6. The van der Waals surface area contributed by atoms with Crippen molar-refractivity contribution in [3.63, 3.8) is 0 Å². The molecule has 0 aromatic carbocycles. The van der Waals surface area contributed by atoms with Crippen LogP contribution in [0.25, 0.3) is 23.0 Å². The lowest BCUT2D eigenvalue weighted by Gasteiger charge is -2.15. The number of nitrogens with one attached hydrogen (secondary N) is 1. The first-order chi connectivity index (χ1) is 16.3. The molecule has 0 saturated heterocycles. The summed E-state index contributed by atoms with van der Waals surface area (Å²) in [7, 11) is 0. The summed E-state index contributed by atoms with van der Waals surface area (Å²) in [6.07, 6.45) is -0.628. The van der Waals surface area contributed by atoms with E-state index in [1.54, 1.807) is 0 Å². The van der Waals surface area contributed by atoms with Gasteiger partial charge in [0.25, 0.3) is 5.91 Å². The molecule has 6 N–H and O–H groups in total. The third-order valence-electron chi connectivity index (χ3n) is 4.17. The molecule has 15 heteroatoms. The lowest BCUT2D eigenvalue weighted by molar-refractivity contribution is -0.120. The number of aliphatic hydroxyl groups is 3. The normalized spacial score (nSPS) is 13.9. The fourth-order valence-corrected chi connectivity index (χ4v) is 2.45. The Morgan fingerprint density at radius 1 is 1.09 bits per heavy atom. The van der Waals surface area contributed by atoms with Gasteiger partial charge >= 0.3 is 0 Å². The van der Waals surface area contributed by atoms with Gasteiger partial charge in [0, 0.05) is 12.3 Å². The van der Waals surface area contributed by atoms with Crippen LogP contribution in [0.2, 0.25) is 0 Å². The Labute approximate surface area is 191 Å². The number of carbonyl (C=O) groups is 1. The van der Waals surface area contributed by atoms with Crippen molar-refractivity contribution in [3.05, 3.63) is 30.6 Å². The van der Waals surface area contributed by atoms with Gasteiger partial charge in [-0.3, -0.25) is 4.79 Å². The first-order valence-electron chi connectivity index (χ1n) is 9.67. The second-order valence-corrected chi connectivity index (χ2v) is 6.81. The largest absolute Gasteiger partial charge is 0.506 e. The number of rotatable bonds is 9. The zero-order valence-corrected chi connectivity index (χ0v) is 17.6. The summed E-state index contributed by atoms with van der Waals surface area (Å²) in [4.78, 5) is 24.6. The third kappa shape index (κ3) is 6.12. The number of carbonyl (C=O) groups excluding carboxylic acids is 1. The second kappa shape index (κ2) is 11.0. The van der Waals surface area contributed by atoms with E-state index in [0.29, 0.717) is 0 Å². The highest BCUT2D eigenvalue weighted by Crippen LogP contribution is 2.27. The Kier molecular flexibility index (Phi) is 7.86. The van der Waals surface area contributed by atoms with Gasteiger partial charge < -0.3 is 35.7 Å². The summed E-state index contributed by atoms with van der Waals surface area (Å²) in [6.45, 7) is 0.738. The van der Waals surface area contributed by atoms with E-state index in [4.69, 9.17) is 9.94 Å². The number of anilines is 1. The van der Waals surface area contributed by atoms with Crippen LogP contribution in [0.4, 0.5) is 5.69 Å². The van der Waals surface area contributed by atoms with Crippen molar-refractivity contribution in [2.24, 2.45) is 5.16 Å². The van der Waals surface area contributed by atoms with E-state index in [0.717, 1.165) is 6.21 Å². The fraction of sp³-hybridized carbons (Fsp3) is 0.263. The van der Waals surface area contributed by atoms with E-state index >= 15 is 0 Å². The van der Waals surface area contributed by atoms with Crippen molar-refractivity contribution in [3.8, 4) is 34.5 Å². The summed E-state index contributed by atoms with van der Waals surface area (Å²) in [5, 5.41) is 69.2. The number of nitrogens with zero attached hydrogens (tertiary/aromatic N) is 7. The van der Waals surface area contributed by atoms with Gasteiger partial charge in [0.05, 0.1) is 24.2 Å². The summed E-state index contributed by atoms with van der Waals surface area (Å²) < 4.78 is 0. The molecule has 0 radical (unpaired) electrons. The van der Waals surface area contributed by atoms with Crippen LogP contribution in [-0.2, 0) is 9.63 Å². The highest BCUT2D eigenvalue weighted by Gasteiger charge is 2.19. The van der Waals surface area contributed by atoms with Gasteiger partial charge in [0.1, 0.15) is 23.7 Å². The number of aromatic nitrogens is 6. The molecule has 3 aromatic rings. The molecular formula is C19H20N8O7. The maximum absolute atomic E-state index is 11.9. The molecule has 0 spiro atoms. The average Bonchev–Trinajstić information content (AvgIpc) is 2.82. The molecule has 0 aliphatic rings. The van der Waals surface area contributed by atoms with E-state index < -0.39 is 30.8 Å². The Morgan fingerprint density at radius 2 is 1.74 bits per heavy atom. The molecule has 3 atom stereocenters. The number of hydrogen-bond donors (Lipinski definition) is 6. The fourth-order valence-electron chi connectivity index (χ4n) is 2.45. The van der Waals surface area contributed by atoms with Crippen molar-refractivity contribution in [1.82, 2.24) is 30.4 Å². The first-order valence-corrected chi connectivity index (χ1v) is 9.67. The minimum Gasteiger partial charge on any atom is -0.506 e. The van der Waals surface area contributed by atoms with Crippen molar-refractivity contribution in [1.29, 1.82) is 0 Å². The average molecular weight is 472 g/mol. The van der Waals surface area contributed by atoms with Crippen molar-refractivity contribution in [2.45, 2.75) is 25.2 Å². The van der Waals surface area contributed by atoms with Gasteiger partial charge in [0.2, 0.25) is 11.6 Å². The lowest BCUT2D eigenvalue weighted by Crippen LogP contribution is -2.36. The molecule has 3 unspecified atom stereocenters. The highest BCUT2D eigenvalue weighted by molar-refractivity contribution is 5.92. The van der Waals surface area contributed by atoms with E-state index in [-0.39, 0.29) is 40.2 Å². The van der Waals surface area contributed by atoms with E-state index in [1.165, 1.54) is 37.5 Å². The van der Waals surface area contributed by atoms with Crippen LogP contribution >= 0.6 is 0 Å². The van der Waals surface area contributed by atoms with Gasteiger partial charge in [-0.1, -0.05) is 5.16 Å². The predicted molar refractivity (Wildman–Crippen MR) is 114 cm³/mol. The number of hydrogen-bond acceptors (Lipinski definition) is 14. The molecule has 3 heterocycles. The first kappa shape index (κ1) is 24.3. The minimum atomic E-state index is -1.48. The van der Waals surface area contributed by atoms with Gasteiger partial charge in [-0.05, 0) is 19.1 Å². The summed E-state index contributed by atoms with van der Waals surface area (Å²) in [5.74, 6) is -1.31. The number of amides is 1. The quantitative estimate of drug-likeness (QED) is 0.160. The molecule has 0 saturated carbocycles. The van der Waals surface area contributed by atoms with Gasteiger partial charge in [-0.2, -0.15) is 0 Å². The number of oxime groups is 1. The van der Waals surface area contributed by atoms with Crippen LogP contribution in [0.3, 0.4) is 0 Å². The van der Waals surface area contributed by atoms with Crippen molar-refractivity contribution < 1.29 is 35.2 Å². The standard InChI is InChI=1S/C19H20N8O7/c1-9(28)17(33)13(31)7-22-34-8-14(32)23-10-5-12(30)16(21-6-10)19-26-24-18(25-27-19)15-11(29)3-2-4-20-15/h2-7,9,13,17,28-31,33H,8H2,1H3,(H,23,32)/b22-7+. The van der Waals surface area contributed by atoms with Gasteiger partial charge in [-0.25, -0.2) is 9.97 Å². The van der Waals surface area contributed by atoms with Gasteiger partial charge in [0.15, 0.2) is 18.0 Å². The number of pyridine rings is 2. The Bertz CT molecular complexity index is 1160. The maximum Gasteiger partial charge on any atom is 0.265 e. The SMILES string of the molecule is CC(O)C(O)C(O)/C=N/OCC(=O)Nc1cnc(-c2nnc(-c3ncccc3O)nn2)c(O)c1. The Morgan fingerprint density at radius 3 is 2.32 bits per heavy atom. The molecule has 15 nitrogen and oxygen atoms in total. The molecule has 0 aliphatic heterocycles. The third-order valence-corrected chi connectivity index (χ3v) is 4.17. The molecule has 0 aliphatic carbocycles. The zero-order chi connectivity index (χ0) is 24.7. The second-order valence-electron chi connectivity index (χ2n) is 6.81. The zero-order valence-electron chi connectivity index (χ0n) is 17.6. The summed E-state index contributed by atoms with van der Waals surface area (Å²) in [5.41, 5.74) is 0.158. The molecule has 1 amide bonds. The minimum absolute atomic E-state index is 0.0271. The summed E-state index contributed by atoms with van der Waals surface area (Å²) >= 11 is 0. The number of aromatic hydroxyl groups is 2. The molecule has 3 rings (SSSR count). The van der Waals surface area contributed by atoms with Crippen LogP contribution in [-0.4, -0.2) is 92.9 Å². The van der Waals surface area contributed by atoms with Crippen LogP contribution in [0.15, 0.2) is 35.7 Å². The molecular weight excluding hydrogens is 452 g/mol. The molecule has 34 heavy (non-hydrogen) atoms. The topological polar surface area (TPSA) is 229 Å². The molecule has 3 aromatic heterocycles. The maximum atomic E-state index is 11.9. The Hall–Kier alpha value is -4.34. The van der Waals surface area contributed by atoms with Crippen LogP contribution < -0.4 is 5.32 Å². The van der Waals surface area contributed by atoms with E-state index in [1.807, 2.05) is 0 Å². The molecule has 178 valence electrons. The molecule has 0 fully saturated rings.